The fourth-order valence-corrected chi connectivity index (χ4v) is 2.70. The molecule has 1 unspecified atom stereocenters. The molecular formula is C13H14N2O2S. The maximum absolute atomic E-state index is 12.2. The molecule has 1 atom stereocenters. The lowest BCUT2D eigenvalue weighted by atomic mass is 10.3. The molecule has 2 rings (SSSR count). The van der Waals surface area contributed by atoms with Gasteiger partial charge in [0.15, 0.2) is 0 Å². The molecule has 0 aliphatic heterocycles. The van der Waals surface area contributed by atoms with Crippen molar-refractivity contribution in [3.8, 4) is 5.88 Å². The van der Waals surface area contributed by atoms with Crippen LogP contribution in [0.2, 0.25) is 0 Å². The van der Waals surface area contributed by atoms with Crippen LogP contribution in [-0.2, 0) is 16.6 Å². The summed E-state index contributed by atoms with van der Waals surface area (Å²) in [6, 6.07) is 12.6. The molecule has 94 valence electrons. The number of para-hydroxylation sites is 1. The maximum atomic E-state index is 12.2. The summed E-state index contributed by atoms with van der Waals surface area (Å²) in [5.74, 6) is 0.844. The number of pyridine rings is 1. The second-order valence-electron chi connectivity index (χ2n) is 3.70. The van der Waals surface area contributed by atoms with Gasteiger partial charge < -0.3 is 10.5 Å². The summed E-state index contributed by atoms with van der Waals surface area (Å²) in [5, 5.41) is 0. The molecule has 2 aromatic rings. The first-order chi connectivity index (χ1) is 8.70. The van der Waals surface area contributed by atoms with Crippen molar-refractivity contribution in [3.05, 3.63) is 48.2 Å². The Morgan fingerprint density at radius 2 is 2.00 bits per heavy atom. The SMILES string of the molecule is COc1cccc(CS(=O)c2ccccc2N)n1. The van der Waals surface area contributed by atoms with E-state index in [1.807, 2.05) is 24.3 Å². The van der Waals surface area contributed by atoms with Crippen LogP contribution in [0.15, 0.2) is 47.4 Å². The van der Waals surface area contributed by atoms with Crippen molar-refractivity contribution in [1.82, 2.24) is 4.98 Å². The summed E-state index contributed by atoms with van der Waals surface area (Å²) in [6.07, 6.45) is 0. The first kappa shape index (κ1) is 12.6. The Morgan fingerprint density at radius 3 is 2.72 bits per heavy atom. The van der Waals surface area contributed by atoms with Gasteiger partial charge in [0, 0.05) is 11.8 Å². The van der Waals surface area contributed by atoms with E-state index in [1.54, 1.807) is 25.3 Å². The van der Waals surface area contributed by atoms with E-state index in [1.165, 1.54) is 0 Å². The fourth-order valence-electron chi connectivity index (χ4n) is 1.55. The third-order valence-electron chi connectivity index (χ3n) is 2.43. The summed E-state index contributed by atoms with van der Waals surface area (Å²) in [6.45, 7) is 0. The van der Waals surface area contributed by atoms with E-state index >= 15 is 0 Å². The van der Waals surface area contributed by atoms with Crippen LogP contribution >= 0.6 is 0 Å². The van der Waals surface area contributed by atoms with E-state index in [2.05, 4.69) is 4.98 Å². The zero-order valence-electron chi connectivity index (χ0n) is 10.00. The zero-order chi connectivity index (χ0) is 13.0. The Kier molecular flexibility index (Phi) is 3.94. The van der Waals surface area contributed by atoms with Crippen molar-refractivity contribution < 1.29 is 8.95 Å². The number of hydrogen-bond acceptors (Lipinski definition) is 4. The highest BCUT2D eigenvalue weighted by Crippen LogP contribution is 2.18. The Hall–Kier alpha value is -1.88. The second kappa shape index (κ2) is 5.64. The smallest absolute Gasteiger partial charge is 0.213 e. The van der Waals surface area contributed by atoms with E-state index in [0.717, 1.165) is 5.69 Å². The van der Waals surface area contributed by atoms with Gasteiger partial charge >= 0.3 is 0 Å². The van der Waals surface area contributed by atoms with E-state index in [4.69, 9.17) is 10.5 Å². The number of benzene rings is 1. The van der Waals surface area contributed by atoms with Crippen LogP contribution in [0.5, 0.6) is 5.88 Å². The molecule has 0 radical (unpaired) electrons. The van der Waals surface area contributed by atoms with Gasteiger partial charge in [-0.2, -0.15) is 0 Å². The summed E-state index contributed by atoms with van der Waals surface area (Å²) >= 11 is 0. The van der Waals surface area contributed by atoms with Gasteiger partial charge in [0.1, 0.15) is 0 Å². The van der Waals surface area contributed by atoms with E-state index in [9.17, 15) is 4.21 Å². The second-order valence-corrected chi connectivity index (χ2v) is 5.12. The Labute approximate surface area is 108 Å². The lowest BCUT2D eigenvalue weighted by molar-refractivity contribution is 0.397. The van der Waals surface area contributed by atoms with Crippen molar-refractivity contribution in [3.63, 3.8) is 0 Å². The Balaban J connectivity index is 2.19. The molecule has 0 saturated heterocycles. The van der Waals surface area contributed by atoms with Crippen LogP contribution in [0.3, 0.4) is 0 Å². The number of hydrogen-bond donors (Lipinski definition) is 1. The Morgan fingerprint density at radius 1 is 1.22 bits per heavy atom. The van der Waals surface area contributed by atoms with Crippen LogP contribution in [0, 0.1) is 0 Å². The largest absolute Gasteiger partial charge is 0.481 e. The minimum Gasteiger partial charge on any atom is -0.481 e. The van der Waals surface area contributed by atoms with Crippen molar-refractivity contribution in [2.24, 2.45) is 0 Å². The number of rotatable bonds is 4. The van der Waals surface area contributed by atoms with Crippen molar-refractivity contribution in [1.29, 1.82) is 0 Å². The third kappa shape index (κ3) is 2.87. The molecule has 2 N–H and O–H groups in total. The molecule has 0 aliphatic rings. The van der Waals surface area contributed by atoms with E-state index < -0.39 is 10.8 Å². The standard InChI is InChI=1S/C13H14N2O2S/c1-17-13-8-4-5-10(15-13)9-18(16)12-7-3-2-6-11(12)14/h2-8H,9,14H2,1H3. The minimum atomic E-state index is -1.20. The number of nitrogen functional groups attached to an aromatic ring is 1. The summed E-state index contributed by atoms with van der Waals surface area (Å²) < 4.78 is 17.2. The number of nitrogens with zero attached hydrogens (tertiary/aromatic N) is 1. The number of nitrogens with two attached hydrogens (primary N) is 1. The lowest BCUT2D eigenvalue weighted by Crippen LogP contribution is -2.02. The molecule has 0 fully saturated rings. The van der Waals surface area contributed by atoms with Crippen molar-refractivity contribution >= 4 is 16.5 Å². The van der Waals surface area contributed by atoms with Crippen molar-refractivity contribution in [2.45, 2.75) is 10.6 Å². The topological polar surface area (TPSA) is 65.2 Å². The average molecular weight is 262 g/mol. The predicted octanol–water partition coefficient (Wildman–Crippen LogP) is 1.98. The molecule has 1 heterocycles. The molecule has 1 aromatic carbocycles. The van der Waals surface area contributed by atoms with Crippen LogP contribution < -0.4 is 10.5 Å². The van der Waals surface area contributed by atoms with Gasteiger partial charge in [-0.25, -0.2) is 4.98 Å². The molecule has 4 nitrogen and oxygen atoms in total. The van der Waals surface area contributed by atoms with Gasteiger partial charge in [0.25, 0.3) is 0 Å². The van der Waals surface area contributed by atoms with Gasteiger partial charge in [-0.05, 0) is 18.2 Å². The molecular weight excluding hydrogens is 248 g/mol. The quantitative estimate of drug-likeness (QED) is 0.856. The number of aromatic nitrogens is 1. The highest BCUT2D eigenvalue weighted by Gasteiger charge is 2.09. The molecule has 0 amide bonds. The van der Waals surface area contributed by atoms with Gasteiger partial charge in [0.05, 0.1) is 34.3 Å². The van der Waals surface area contributed by atoms with Gasteiger partial charge in [-0.3, -0.25) is 4.21 Å². The molecule has 0 bridgehead atoms. The monoisotopic (exact) mass is 262 g/mol. The molecule has 0 spiro atoms. The van der Waals surface area contributed by atoms with Gasteiger partial charge in [-0.1, -0.05) is 18.2 Å². The fraction of sp³-hybridized carbons (Fsp3) is 0.154. The lowest BCUT2D eigenvalue weighted by Gasteiger charge is -2.06. The summed E-state index contributed by atoms with van der Waals surface area (Å²) in [4.78, 5) is 4.87. The summed E-state index contributed by atoms with van der Waals surface area (Å²) in [7, 11) is 0.355. The zero-order valence-corrected chi connectivity index (χ0v) is 10.8. The van der Waals surface area contributed by atoms with Crippen molar-refractivity contribution in [2.75, 3.05) is 12.8 Å². The number of methoxy groups -OCH3 is 1. The normalized spacial score (nSPS) is 12.1. The number of anilines is 1. The van der Waals surface area contributed by atoms with Gasteiger partial charge in [0.2, 0.25) is 5.88 Å². The van der Waals surface area contributed by atoms with E-state index in [0.29, 0.717) is 22.2 Å². The molecule has 0 saturated carbocycles. The van der Waals surface area contributed by atoms with E-state index in [-0.39, 0.29) is 0 Å². The van der Waals surface area contributed by atoms with Crippen LogP contribution in [0.1, 0.15) is 5.69 Å². The average Bonchev–Trinajstić information content (AvgIpc) is 2.39. The molecule has 0 aliphatic carbocycles. The molecule has 1 aromatic heterocycles. The maximum Gasteiger partial charge on any atom is 0.213 e. The first-order valence-electron chi connectivity index (χ1n) is 5.43. The van der Waals surface area contributed by atoms with Crippen LogP contribution in [-0.4, -0.2) is 16.3 Å². The third-order valence-corrected chi connectivity index (χ3v) is 3.85. The first-order valence-corrected chi connectivity index (χ1v) is 6.75. The highest BCUT2D eigenvalue weighted by molar-refractivity contribution is 7.84. The molecule has 5 heteroatoms. The minimum absolute atomic E-state index is 0.325. The summed E-state index contributed by atoms with van der Waals surface area (Å²) in [5.41, 5.74) is 7.05. The van der Waals surface area contributed by atoms with Crippen LogP contribution in [0.4, 0.5) is 5.69 Å². The predicted molar refractivity (Wildman–Crippen MR) is 71.8 cm³/mol. The highest BCUT2D eigenvalue weighted by atomic mass is 32.2. The number of ether oxygens (including phenoxy) is 1. The Bertz CT molecular complexity index is 572. The van der Waals surface area contributed by atoms with Crippen LogP contribution in [0.25, 0.3) is 0 Å². The molecule has 18 heavy (non-hydrogen) atoms. The van der Waals surface area contributed by atoms with Gasteiger partial charge in [-0.15, -0.1) is 0 Å².